The number of ether oxygens (including phenoxy) is 1. The highest BCUT2D eigenvalue weighted by Crippen LogP contribution is 2.22. The molecule has 0 radical (unpaired) electrons. The summed E-state index contributed by atoms with van der Waals surface area (Å²) in [5, 5.41) is 3.09. The van der Waals surface area contributed by atoms with Crippen LogP contribution in [0.25, 0.3) is 0 Å². The van der Waals surface area contributed by atoms with E-state index in [4.69, 9.17) is 4.74 Å². The lowest BCUT2D eigenvalue weighted by Gasteiger charge is -2.13. The lowest BCUT2D eigenvalue weighted by atomic mass is 10.2. The maximum atomic E-state index is 5.62. The number of hydrogen-bond donors (Lipinski definition) is 1. The van der Waals surface area contributed by atoms with Crippen LogP contribution in [0.5, 0.6) is 5.75 Å². The molecule has 0 heterocycles. The molecule has 0 bridgehead atoms. The van der Waals surface area contributed by atoms with Gasteiger partial charge >= 0.3 is 0 Å². The molecule has 0 saturated heterocycles. The molecule has 72 valence electrons. The number of anilines is 1. The van der Waals surface area contributed by atoms with Crippen molar-refractivity contribution in [1.82, 2.24) is 0 Å². The van der Waals surface area contributed by atoms with Crippen LogP contribution in [0.15, 0.2) is 18.2 Å². The Morgan fingerprint density at radius 3 is 2.46 bits per heavy atom. The average Bonchev–Trinajstić information content (AvgIpc) is 2.08. The summed E-state index contributed by atoms with van der Waals surface area (Å²) in [6, 6.07) is 6.10. The summed E-state index contributed by atoms with van der Waals surface area (Å²) in [6.45, 7) is 6.12. The second-order valence-corrected chi connectivity index (χ2v) is 3.40. The minimum absolute atomic E-state index is 0.235. The van der Waals surface area contributed by atoms with E-state index >= 15 is 0 Å². The van der Waals surface area contributed by atoms with Crippen molar-refractivity contribution in [2.45, 2.75) is 26.9 Å². The van der Waals surface area contributed by atoms with E-state index in [9.17, 15) is 0 Å². The Morgan fingerprint density at radius 2 is 2.00 bits per heavy atom. The zero-order chi connectivity index (χ0) is 9.84. The summed E-state index contributed by atoms with van der Waals surface area (Å²) in [7, 11) is 1.91. The molecule has 0 aliphatic rings. The van der Waals surface area contributed by atoms with E-state index < -0.39 is 0 Å². The van der Waals surface area contributed by atoms with Crippen molar-refractivity contribution in [3.63, 3.8) is 0 Å². The molecule has 1 aromatic carbocycles. The molecular formula is C11H17NO. The molecule has 1 aromatic rings. The fourth-order valence-corrected chi connectivity index (χ4v) is 1.19. The molecule has 13 heavy (non-hydrogen) atoms. The lowest BCUT2D eigenvalue weighted by Crippen LogP contribution is -2.06. The van der Waals surface area contributed by atoms with Gasteiger partial charge in [0.25, 0.3) is 0 Å². The van der Waals surface area contributed by atoms with Gasteiger partial charge in [0, 0.05) is 12.7 Å². The SMILES string of the molecule is CNc1ccc(OC(C)C)c(C)c1. The van der Waals surface area contributed by atoms with Gasteiger partial charge in [-0.1, -0.05) is 0 Å². The van der Waals surface area contributed by atoms with Crippen molar-refractivity contribution in [3.05, 3.63) is 23.8 Å². The summed E-state index contributed by atoms with van der Waals surface area (Å²) in [5.74, 6) is 0.967. The Bertz CT molecular complexity index is 281. The third-order valence-electron chi connectivity index (χ3n) is 1.83. The summed E-state index contributed by atoms with van der Waals surface area (Å²) in [4.78, 5) is 0. The Kier molecular flexibility index (Phi) is 3.18. The zero-order valence-corrected chi connectivity index (χ0v) is 8.72. The summed E-state index contributed by atoms with van der Waals surface area (Å²) < 4.78 is 5.62. The second kappa shape index (κ2) is 4.17. The summed E-state index contributed by atoms with van der Waals surface area (Å²) in [5.41, 5.74) is 2.29. The van der Waals surface area contributed by atoms with Crippen molar-refractivity contribution >= 4 is 5.69 Å². The van der Waals surface area contributed by atoms with Gasteiger partial charge in [-0.05, 0) is 44.5 Å². The Hall–Kier alpha value is -1.18. The molecule has 2 heteroatoms. The van der Waals surface area contributed by atoms with Crippen LogP contribution in [0.2, 0.25) is 0 Å². The van der Waals surface area contributed by atoms with Gasteiger partial charge in [-0.3, -0.25) is 0 Å². The first kappa shape index (κ1) is 9.90. The van der Waals surface area contributed by atoms with Crippen molar-refractivity contribution in [2.24, 2.45) is 0 Å². The molecule has 2 nitrogen and oxygen atoms in total. The molecule has 1 N–H and O–H groups in total. The number of rotatable bonds is 3. The minimum Gasteiger partial charge on any atom is -0.491 e. The molecule has 1 rings (SSSR count). The van der Waals surface area contributed by atoms with Gasteiger partial charge in [0.15, 0.2) is 0 Å². The average molecular weight is 179 g/mol. The van der Waals surface area contributed by atoms with Crippen LogP contribution in [-0.2, 0) is 0 Å². The van der Waals surface area contributed by atoms with Gasteiger partial charge in [0.1, 0.15) is 5.75 Å². The van der Waals surface area contributed by atoms with Crippen LogP contribution in [0.4, 0.5) is 5.69 Å². The number of nitrogens with one attached hydrogen (secondary N) is 1. The van der Waals surface area contributed by atoms with Crippen molar-refractivity contribution in [1.29, 1.82) is 0 Å². The van der Waals surface area contributed by atoms with E-state index in [1.165, 1.54) is 5.56 Å². The molecular weight excluding hydrogens is 162 g/mol. The van der Waals surface area contributed by atoms with Gasteiger partial charge < -0.3 is 10.1 Å². The largest absolute Gasteiger partial charge is 0.491 e. The smallest absolute Gasteiger partial charge is 0.122 e. The van der Waals surface area contributed by atoms with E-state index in [2.05, 4.69) is 18.3 Å². The molecule has 0 aliphatic heterocycles. The zero-order valence-electron chi connectivity index (χ0n) is 8.72. The topological polar surface area (TPSA) is 21.3 Å². The Balaban J connectivity index is 2.85. The molecule has 0 aliphatic carbocycles. The molecule has 0 aromatic heterocycles. The van der Waals surface area contributed by atoms with E-state index in [0.717, 1.165) is 11.4 Å². The number of hydrogen-bond acceptors (Lipinski definition) is 2. The first-order valence-corrected chi connectivity index (χ1v) is 4.58. The molecule has 0 fully saturated rings. The highest BCUT2D eigenvalue weighted by Gasteiger charge is 2.01. The molecule has 0 amide bonds. The maximum Gasteiger partial charge on any atom is 0.122 e. The quantitative estimate of drug-likeness (QED) is 0.770. The van der Waals surface area contributed by atoms with Crippen LogP contribution >= 0.6 is 0 Å². The second-order valence-electron chi connectivity index (χ2n) is 3.40. The Morgan fingerprint density at radius 1 is 1.31 bits per heavy atom. The minimum atomic E-state index is 0.235. The van der Waals surface area contributed by atoms with E-state index in [0.29, 0.717) is 0 Å². The van der Waals surface area contributed by atoms with Gasteiger partial charge in [-0.2, -0.15) is 0 Å². The Labute approximate surface area is 79.9 Å². The van der Waals surface area contributed by atoms with Crippen LogP contribution in [0.3, 0.4) is 0 Å². The first-order valence-electron chi connectivity index (χ1n) is 4.58. The van der Waals surface area contributed by atoms with E-state index in [-0.39, 0.29) is 6.10 Å². The fourth-order valence-electron chi connectivity index (χ4n) is 1.19. The molecule has 0 atom stereocenters. The normalized spacial score (nSPS) is 10.2. The summed E-state index contributed by atoms with van der Waals surface area (Å²) >= 11 is 0. The standard InChI is InChI=1S/C11H17NO/c1-8(2)13-11-6-5-10(12-4)7-9(11)3/h5-8,12H,1-4H3. The highest BCUT2D eigenvalue weighted by atomic mass is 16.5. The monoisotopic (exact) mass is 179 g/mol. The first-order chi connectivity index (χ1) is 6.13. The third-order valence-corrected chi connectivity index (χ3v) is 1.83. The van der Waals surface area contributed by atoms with Gasteiger partial charge in [0.05, 0.1) is 6.10 Å². The molecule has 0 unspecified atom stereocenters. The van der Waals surface area contributed by atoms with Crippen LogP contribution in [-0.4, -0.2) is 13.2 Å². The number of aryl methyl sites for hydroxylation is 1. The van der Waals surface area contributed by atoms with Crippen LogP contribution in [0.1, 0.15) is 19.4 Å². The van der Waals surface area contributed by atoms with Crippen LogP contribution in [0, 0.1) is 6.92 Å². The highest BCUT2D eigenvalue weighted by molar-refractivity contribution is 5.50. The molecule has 0 spiro atoms. The fraction of sp³-hybridized carbons (Fsp3) is 0.455. The summed E-state index contributed by atoms with van der Waals surface area (Å²) in [6.07, 6.45) is 0.235. The van der Waals surface area contributed by atoms with Crippen LogP contribution < -0.4 is 10.1 Å². The third kappa shape index (κ3) is 2.65. The molecule has 0 saturated carbocycles. The van der Waals surface area contributed by atoms with E-state index in [1.54, 1.807) is 0 Å². The van der Waals surface area contributed by atoms with E-state index in [1.807, 2.05) is 33.0 Å². The lowest BCUT2D eigenvalue weighted by molar-refractivity contribution is 0.241. The van der Waals surface area contributed by atoms with Crippen molar-refractivity contribution in [3.8, 4) is 5.75 Å². The van der Waals surface area contributed by atoms with Crippen molar-refractivity contribution < 1.29 is 4.74 Å². The van der Waals surface area contributed by atoms with Gasteiger partial charge in [0.2, 0.25) is 0 Å². The predicted molar refractivity (Wildman–Crippen MR) is 56.5 cm³/mol. The maximum absolute atomic E-state index is 5.62. The van der Waals surface area contributed by atoms with Crippen molar-refractivity contribution in [2.75, 3.05) is 12.4 Å². The number of benzene rings is 1. The van der Waals surface area contributed by atoms with Gasteiger partial charge in [-0.25, -0.2) is 0 Å². The predicted octanol–water partition coefficient (Wildman–Crippen LogP) is 2.82. The van der Waals surface area contributed by atoms with Gasteiger partial charge in [-0.15, -0.1) is 0 Å².